The minimum Gasteiger partial charge on any atom is -0.353 e. The molecule has 2 rings (SSSR count). The van der Waals surface area contributed by atoms with Crippen molar-refractivity contribution < 1.29 is 18.0 Å². The van der Waals surface area contributed by atoms with Crippen molar-refractivity contribution in [1.29, 1.82) is 0 Å². The van der Waals surface area contributed by atoms with Crippen molar-refractivity contribution in [2.24, 2.45) is 5.14 Å². The number of nitrogens with two attached hydrogens (primary N) is 1. The highest BCUT2D eigenvalue weighted by atomic mass is 32.2. The molecular weight excluding hydrogens is 340 g/mol. The molecule has 3 amide bonds. The first-order valence-electron chi connectivity index (χ1n) is 7.50. The Morgan fingerprint density at radius 1 is 1.39 bits per heavy atom. The van der Waals surface area contributed by atoms with Crippen molar-refractivity contribution >= 4 is 33.7 Å². The monoisotopic (exact) mass is 362 g/mol. The summed E-state index contributed by atoms with van der Waals surface area (Å²) in [5.74, 6) is 0.821. The van der Waals surface area contributed by atoms with Crippen LogP contribution in [0.1, 0.15) is 25.7 Å². The molecule has 130 valence electrons. The van der Waals surface area contributed by atoms with Gasteiger partial charge in [0.1, 0.15) is 0 Å². The number of hydrogen-bond donors (Lipinski definition) is 4. The molecule has 2 aliphatic heterocycles. The number of fused-ring (bicyclic) bond motifs is 1. The van der Waals surface area contributed by atoms with E-state index in [9.17, 15) is 18.0 Å². The zero-order valence-electron chi connectivity index (χ0n) is 12.7. The zero-order chi connectivity index (χ0) is 16.9. The third-order valence-corrected chi connectivity index (χ3v) is 5.86. The number of unbranched alkanes of at least 4 members (excludes halogenated alkanes) is 1. The first-order valence-corrected chi connectivity index (χ1v) is 10.2. The SMILES string of the molecule is NS(=O)(=O)/C=C/CNC(=O)CCCC[C@H]1SC[C@H]2NC(=O)N[C@H]21. The molecular formula is C13H22N4O4S2. The number of amides is 3. The molecule has 2 aliphatic rings. The van der Waals surface area contributed by atoms with Crippen LogP contribution in [0.15, 0.2) is 11.5 Å². The molecule has 0 unspecified atom stereocenters. The van der Waals surface area contributed by atoms with E-state index in [1.807, 2.05) is 11.8 Å². The second-order valence-electron chi connectivity index (χ2n) is 5.63. The smallest absolute Gasteiger partial charge is 0.315 e. The van der Waals surface area contributed by atoms with Crippen molar-refractivity contribution in [3.8, 4) is 0 Å². The van der Waals surface area contributed by atoms with E-state index in [0.29, 0.717) is 11.7 Å². The molecule has 0 spiro atoms. The van der Waals surface area contributed by atoms with Gasteiger partial charge in [0.25, 0.3) is 0 Å². The summed E-state index contributed by atoms with van der Waals surface area (Å²) in [5, 5.41) is 14.5. The lowest BCUT2D eigenvalue weighted by Crippen LogP contribution is -2.36. The fourth-order valence-electron chi connectivity index (χ4n) is 2.72. The van der Waals surface area contributed by atoms with Crippen LogP contribution in [0, 0.1) is 0 Å². The fourth-order valence-corrected chi connectivity index (χ4v) is 4.63. The number of urea groups is 1. The van der Waals surface area contributed by atoms with Crippen LogP contribution in [0.4, 0.5) is 4.79 Å². The Balaban J connectivity index is 1.56. The van der Waals surface area contributed by atoms with Crippen LogP contribution in [0.5, 0.6) is 0 Å². The van der Waals surface area contributed by atoms with E-state index in [-0.39, 0.29) is 30.6 Å². The summed E-state index contributed by atoms with van der Waals surface area (Å²) in [7, 11) is -3.63. The first-order chi connectivity index (χ1) is 10.8. The molecule has 5 N–H and O–H groups in total. The van der Waals surface area contributed by atoms with E-state index in [0.717, 1.165) is 30.4 Å². The van der Waals surface area contributed by atoms with Gasteiger partial charge in [-0.3, -0.25) is 4.79 Å². The molecule has 8 nitrogen and oxygen atoms in total. The molecule has 0 aromatic rings. The average Bonchev–Trinajstić information content (AvgIpc) is 2.98. The Labute approximate surface area is 140 Å². The molecule has 0 aromatic carbocycles. The van der Waals surface area contributed by atoms with Gasteiger partial charge in [-0.25, -0.2) is 18.4 Å². The molecule has 23 heavy (non-hydrogen) atoms. The van der Waals surface area contributed by atoms with Crippen molar-refractivity contribution in [3.05, 3.63) is 11.5 Å². The molecule has 0 bridgehead atoms. The normalized spacial score (nSPS) is 26.8. The molecule has 2 fully saturated rings. The third kappa shape index (κ3) is 6.04. The molecule has 2 saturated heterocycles. The highest BCUT2D eigenvalue weighted by Gasteiger charge is 2.42. The Bertz CT molecular complexity index is 579. The van der Waals surface area contributed by atoms with Gasteiger partial charge in [0, 0.05) is 29.4 Å². The van der Waals surface area contributed by atoms with Gasteiger partial charge in [-0.15, -0.1) is 0 Å². The largest absolute Gasteiger partial charge is 0.353 e. The van der Waals surface area contributed by atoms with Crippen LogP contribution < -0.4 is 21.1 Å². The topological polar surface area (TPSA) is 130 Å². The van der Waals surface area contributed by atoms with E-state index in [1.165, 1.54) is 6.08 Å². The molecule has 10 heteroatoms. The molecule has 0 aliphatic carbocycles. The van der Waals surface area contributed by atoms with E-state index in [2.05, 4.69) is 16.0 Å². The quantitative estimate of drug-likeness (QED) is 0.346. The molecule has 0 aromatic heterocycles. The van der Waals surface area contributed by atoms with Crippen molar-refractivity contribution in [2.45, 2.75) is 43.0 Å². The number of rotatable bonds is 8. The van der Waals surface area contributed by atoms with Crippen LogP contribution in [0.25, 0.3) is 0 Å². The highest BCUT2D eigenvalue weighted by molar-refractivity contribution is 8.00. The first kappa shape index (κ1) is 18.1. The number of nitrogens with one attached hydrogen (secondary N) is 3. The minimum absolute atomic E-state index is 0.0859. The summed E-state index contributed by atoms with van der Waals surface area (Å²) in [6, 6.07) is 0.341. The maximum atomic E-state index is 11.6. The van der Waals surface area contributed by atoms with Gasteiger partial charge in [0.05, 0.1) is 12.1 Å². The Morgan fingerprint density at radius 3 is 2.91 bits per heavy atom. The predicted octanol–water partition coefficient (Wildman–Crippen LogP) is -0.369. The standard InChI is InChI=1S/C13H22N4O4S2/c14-23(20,21)7-3-6-15-11(18)5-2-1-4-10-12-9(8-22-10)16-13(19)17-12/h3,7,9-10,12H,1-2,4-6,8H2,(H,15,18)(H2,14,20,21)(H2,16,17,19)/b7-3+/t9-,10-,12-/m1/s1. The van der Waals surface area contributed by atoms with Gasteiger partial charge >= 0.3 is 6.03 Å². The maximum Gasteiger partial charge on any atom is 0.315 e. The van der Waals surface area contributed by atoms with Crippen LogP contribution in [-0.2, 0) is 14.8 Å². The van der Waals surface area contributed by atoms with E-state index in [4.69, 9.17) is 5.14 Å². The van der Waals surface area contributed by atoms with Crippen LogP contribution in [0.2, 0.25) is 0 Å². The third-order valence-electron chi connectivity index (χ3n) is 3.78. The zero-order valence-corrected chi connectivity index (χ0v) is 14.3. The molecule has 2 heterocycles. The number of carbonyl (C=O) groups excluding carboxylic acids is 2. The van der Waals surface area contributed by atoms with Crippen LogP contribution in [-0.4, -0.2) is 50.0 Å². The summed E-state index contributed by atoms with van der Waals surface area (Å²) in [4.78, 5) is 22.9. The van der Waals surface area contributed by atoms with Gasteiger partial charge in [0.15, 0.2) is 0 Å². The second-order valence-corrected chi connectivity index (χ2v) is 8.35. The van der Waals surface area contributed by atoms with Gasteiger partial charge in [-0.1, -0.05) is 12.5 Å². The predicted molar refractivity (Wildman–Crippen MR) is 89.2 cm³/mol. The molecule has 0 saturated carbocycles. The lowest BCUT2D eigenvalue weighted by atomic mass is 10.0. The Kier molecular flexibility index (Phi) is 6.31. The van der Waals surface area contributed by atoms with Crippen molar-refractivity contribution in [2.75, 3.05) is 12.3 Å². The van der Waals surface area contributed by atoms with Gasteiger partial charge in [-0.05, 0) is 12.8 Å². The summed E-state index contributed by atoms with van der Waals surface area (Å²) in [5.41, 5.74) is 0. The number of carbonyl (C=O) groups is 2. The summed E-state index contributed by atoms with van der Waals surface area (Å²) < 4.78 is 21.3. The van der Waals surface area contributed by atoms with Gasteiger partial charge in [0.2, 0.25) is 15.9 Å². The van der Waals surface area contributed by atoms with Crippen molar-refractivity contribution in [3.63, 3.8) is 0 Å². The lowest BCUT2D eigenvalue weighted by molar-refractivity contribution is -0.121. The minimum atomic E-state index is -3.63. The number of sulfonamides is 1. The highest BCUT2D eigenvalue weighted by Crippen LogP contribution is 2.33. The number of thioether (sulfide) groups is 1. The molecule has 3 atom stereocenters. The van der Waals surface area contributed by atoms with Crippen LogP contribution >= 0.6 is 11.8 Å². The Morgan fingerprint density at radius 2 is 2.17 bits per heavy atom. The number of primary sulfonamides is 1. The van der Waals surface area contributed by atoms with Gasteiger partial charge in [-0.2, -0.15) is 11.8 Å². The van der Waals surface area contributed by atoms with E-state index < -0.39 is 10.0 Å². The number of hydrogen-bond acceptors (Lipinski definition) is 5. The Hall–Kier alpha value is -1.26. The summed E-state index contributed by atoms with van der Waals surface area (Å²) >= 11 is 1.86. The molecule has 0 radical (unpaired) electrons. The van der Waals surface area contributed by atoms with E-state index in [1.54, 1.807) is 0 Å². The van der Waals surface area contributed by atoms with Crippen molar-refractivity contribution in [1.82, 2.24) is 16.0 Å². The summed E-state index contributed by atoms with van der Waals surface area (Å²) in [6.45, 7) is 0.148. The second kappa shape index (κ2) is 8.02. The van der Waals surface area contributed by atoms with Crippen LogP contribution in [0.3, 0.4) is 0 Å². The van der Waals surface area contributed by atoms with E-state index >= 15 is 0 Å². The summed E-state index contributed by atoms with van der Waals surface area (Å²) in [6.07, 6.45) is 4.35. The maximum absolute atomic E-state index is 11.6. The fraction of sp³-hybridized carbons (Fsp3) is 0.692. The van der Waals surface area contributed by atoms with Gasteiger partial charge < -0.3 is 16.0 Å². The average molecular weight is 362 g/mol. The lowest BCUT2D eigenvalue weighted by Gasteiger charge is -2.16.